The van der Waals surface area contributed by atoms with E-state index in [1.54, 1.807) is 48.5 Å². The predicted octanol–water partition coefficient (Wildman–Crippen LogP) is 5.26. The van der Waals surface area contributed by atoms with Crippen LogP contribution in [-0.2, 0) is 27.4 Å². The molecule has 1 fully saturated rings. The lowest BCUT2D eigenvalue weighted by Crippen LogP contribution is -2.40. The Balaban J connectivity index is 1.28. The fourth-order valence-corrected chi connectivity index (χ4v) is 6.14. The largest absolute Gasteiger partial charge is 0.443 e. The molecule has 0 bridgehead atoms. The van der Waals surface area contributed by atoms with E-state index in [2.05, 4.69) is 10.2 Å². The number of halogens is 3. The molecule has 0 N–H and O–H groups in total. The van der Waals surface area contributed by atoms with Gasteiger partial charge in [-0.05, 0) is 49.1 Å². The molecule has 37 heavy (non-hydrogen) atoms. The number of nitrogens with zero attached hydrogens (tertiary/aromatic N) is 3. The van der Waals surface area contributed by atoms with Crippen molar-refractivity contribution in [3.63, 3.8) is 0 Å². The van der Waals surface area contributed by atoms with Crippen molar-refractivity contribution in [2.75, 3.05) is 6.54 Å². The van der Waals surface area contributed by atoms with Gasteiger partial charge in [0.15, 0.2) is 11.5 Å². The summed E-state index contributed by atoms with van der Waals surface area (Å²) in [6.07, 6.45) is -3.12. The van der Waals surface area contributed by atoms with Crippen LogP contribution in [-0.4, -0.2) is 41.3 Å². The molecule has 2 aromatic carbocycles. The maximum Gasteiger partial charge on any atom is 0.435 e. The van der Waals surface area contributed by atoms with Crippen molar-refractivity contribution in [2.24, 2.45) is 0 Å². The lowest BCUT2D eigenvalue weighted by molar-refractivity contribution is -0.141. The monoisotopic (exact) mass is 529 g/mol. The highest BCUT2D eigenvalue weighted by molar-refractivity contribution is 7.89. The number of fused-ring (bicyclic) bond motifs is 1. The highest BCUT2D eigenvalue weighted by Gasteiger charge is 2.40. The molecule has 1 saturated heterocycles. The minimum atomic E-state index is -4.57. The average molecular weight is 530 g/mol. The van der Waals surface area contributed by atoms with Gasteiger partial charge in [0.2, 0.25) is 5.09 Å². The number of benzene rings is 2. The first kappa shape index (κ1) is 25.1. The number of rotatable bonds is 7. The van der Waals surface area contributed by atoms with Gasteiger partial charge >= 0.3 is 6.18 Å². The Bertz CT molecular complexity index is 1520. The fourth-order valence-electron chi connectivity index (χ4n) is 4.51. The number of ketones is 1. The molecule has 1 aliphatic heterocycles. The van der Waals surface area contributed by atoms with Crippen LogP contribution in [0.3, 0.4) is 0 Å². The van der Waals surface area contributed by atoms with Crippen LogP contribution in [0.15, 0.2) is 76.2 Å². The predicted molar refractivity (Wildman–Crippen MR) is 129 cm³/mol. The normalized spacial score (nSPS) is 16.9. The van der Waals surface area contributed by atoms with Crippen LogP contribution in [0, 0.1) is 0 Å². The zero-order chi connectivity index (χ0) is 26.2. The Morgan fingerprint density at radius 1 is 1.03 bits per heavy atom. The van der Waals surface area contributed by atoms with Crippen molar-refractivity contribution < 1.29 is 30.8 Å². The third-order valence-corrected chi connectivity index (χ3v) is 8.14. The molecule has 7 nitrogen and oxygen atoms in total. The molecule has 1 aliphatic rings. The number of sulfonamides is 1. The lowest BCUT2D eigenvalue weighted by atomic mass is 10.00. The van der Waals surface area contributed by atoms with Gasteiger partial charge in [-0.15, -0.1) is 10.2 Å². The Labute approximate surface area is 211 Å². The Morgan fingerprint density at radius 3 is 2.57 bits per heavy atom. The number of carbonyl (C=O) groups excluding carboxylic acids is 1. The average Bonchev–Trinajstić information content (AvgIpc) is 3.55. The molecule has 0 amide bonds. The molecule has 3 heterocycles. The molecule has 4 aromatic rings. The van der Waals surface area contributed by atoms with Gasteiger partial charge < -0.3 is 4.42 Å². The number of para-hydroxylation sites is 1. The van der Waals surface area contributed by atoms with Crippen LogP contribution >= 0.6 is 0 Å². The Morgan fingerprint density at radius 2 is 1.84 bits per heavy atom. The third kappa shape index (κ3) is 5.14. The summed E-state index contributed by atoms with van der Waals surface area (Å²) in [6, 6.07) is 16.8. The summed E-state index contributed by atoms with van der Waals surface area (Å²) in [6.45, 7) is 0.234. The van der Waals surface area contributed by atoms with E-state index in [9.17, 15) is 26.4 Å². The van der Waals surface area contributed by atoms with Gasteiger partial charge in [0.25, 0.3) is 10.0 Å². The number of alkyl halides is 3. The minimum Gasteiger partial charge on any atom is -0.443 e. The lowest BCUT2D eigenvalue weighted by Gasteiger charge is -2.21. The quantitative estimate of drug-likeness (QED) is 0.324. The van der Waals surface area contributed by atoms with Gasteiger partial charge in [0.1, 0.15) is 5.58 Å². The van der Waals surface area contributed by atoms with Crippen molar-refractivity contribution in [2.45, 2.75) is 43.0 Å². The zero-order valence-electron chi connectivity index (χ0n) is 19.5. The summed E-state index contributed by atoms with van der Waals surface area (Å²) < 4.78 is 71.6. The van der Waals surface area contributed by atoms with Gasteiger partial charge in [-0.25, -0.2) is 8.42 Å². The summed E-state index contributed by atoms with van der Waals surface area (Å²) in [5.74, 6) is -0.197. The molecule has 192 valence electrons. The topological polar surface area (TPSA) is 93.4 Å². The number of aryl methyl sites for hydroxylation is 1. The standard InChI is InChI=1S/C26H22F3N3O4S/c27-26(28,29)24-13-11-20(30-31-24)18-7-3-5-17(15-18)10-12-22(33)21-8-4-14-32(21)37(34,35)25-16-19-6-1-2-9-23(19)36-25/h1-3,5-7,9,11,13,15-16,21H,4,8,10,12,14H2. The number of aromatic nitrogens is 2. The van der Waals surface area contributed by atoms with Crippen LogP contribution in [0.4, 0.5) is 13.2 Å². The van der Waals surface area contributed by atoms with Gasteiger partial charge in [-0.1, -0.05) is 36.4 Å². The Kier molecular flexibility index (Phi) is 6.59. The molecule has 5 rings (SSSR count). The highest BCUT2D eigenvalue weighted by Crippen LogP contribution is 2.31. The number of carbonyl (C=O) groups is 1. The first-order chi connectivity index (χ1) is 17.6. The second-order valence-corrected chi connectivity index (χ2v) is 10.7. The van der Waals surface area contributed by atoms with E-state index in [1.165, 1.54) is 16.4 Å². The van der Waals surface area contributed by atoms with Crippen molar-refractivity contribution in [1.29, 1.82) is 0 Å². The molecule has 1 atom stereocenters. The summed E-state index contributed by atoms with van der Waals surface area (Å²) in [5, 5.41) is 7.42. The first-order valence-electron chi connectivity index (χ1n) is 11.7. The van der Waals surface area contributed by atoms with Crippen LogP contribution in [0.5, 0.6) is 0 Å². The first-order valence-corrected chi connectivity index (χ1v) is 13.1. The maximum atomic E-state index is 13.3. The summed E-state index contributed by atoms with van der Waals surface area (Å²) >= 11 is 0. The summed E-state index contributed by atoms with van der Waals surface area (Å²) in [7, 11) is -3.98. The number of Topliss-reactive ketones (excluding diaryl/α,β-unsaturated/α-hetero) is 1. The Hall–Kier alpha value is -3.57. The van der Waals surface area contributed by atoms with Crippen molar-refractivity contribution in [3.8, 4) is 11.3 Å². The molecule has 1 unspecified atom stereocenters. The molecule has 11 heteroatoms. The molecule has 0 radical (unpaired) electrons. The van der Waals surface area contributed by atoms with Gasteiger partial charge in [-0.3, -0.25) is 4.79 Å². The van der Waals surface area contributed by atoms with Crippen molar-refractivity contribution >= 4 is 26.8 Å². The number of hydrogen-bond acceptors (Lipinski definition) is 6. The SMILES string of the molecule is O=C(CCc1cccc(-c2ccc(C(F)(F)F)nn2)c1)C1CCCN1S(=O)(=O)c1cc2ccccc2o1. The maximum absolute atomic E-state index is 13.3. The number of furan rings is 1. The van der Waals surface area contributed by atoms with Crippen LogP contribution in [0.1, 0.15) is 30.5 Å². The molecule has 2 aromatic heterocycles. The minimum absolute atomic E-state index is 0.110. The second-order valence-electron chi connectivity index (χ2n) is 8.85. The van der Waals surface area contributed by atoms with E-state index in [4.69, 9.17) is 4.42 Å². The van der Waals surface area contributed by atoms with E-state index >= 15 is 0 Å². The van der Waals surface area contributed by atoms with Gasteiger partial charge in [0.05, 0.1) is 11.7 Å². The summed E-state index contributed by atoms with van der Waals surface area (Å²) in [5.41, 5.74) is 1.01. The fraction of sp³-hybridized carbons (Fsp3) is 0.269. The second kappa shape index (κ2) is 9.71. The molecular formula is C26H22F3N3O4S. The van der Waals surface area contributed by atoms with Crippen molar-refractivity contribution in [1.82, 2.24) is 14.5 Å². The molecule has 0 spiro atoms. The zero-order valence-corrected chi connectivity index (χ0v) is 20.3. The highest BCUT2D eigenvalue weighted by atomic mass is 32.2. The van der Waals surface area contributed by atoms with E-state index in [0.717, 1.165) is 11.6 Å². The van der Waals surface area contributed by atoms with Crippen LogP contribution in [0.2, 0.25) is 0 Å². The molecule has 0 aliphatic carbocycles. The molecule has 0 saturated carbocycles. The third-order valence-electron chi connectivity index (χ3n) is 6.38. The molecular weight excluding hydrogens is 507 g/mol. The van der Waals surface area contributed by atoms with E-state index in [1.807, 2.05) is 0 Å². The van der Waals surface area contributed by atoms with Crippen LogP contribution < -0.4 is 0 Å². The van der Waals surface area contributed by atoms with Crippen LogP contribution in [0.25, 0.3) is 22.2 Å². The van der Waals surface area contributed by atoms with Gasteiger partial charge in [-0.2, -0.15) is 17.5 Å². The van der Waals surface area contributed by atoms with E-state index in [-0.39, 0.29) is 29.5 Å². The van der Waals surface area contributed by atoms with Gasteiger partial charge in [0, 0.05) is 30.0 Å². The van der Waals surface area contributed by atoms with E-state index in [0.29, 0.717) is 35.8 Å². The summed E-state index contributed by atoms with van der Waals surface area (Å²) in [4.78, 5) is 13.1. The smallest absolute Gasteiger partial charge is 0.435 e. The van der Waals surface area contributed by atoms with Crippen molar-refractivity contribution in [3.05, 3.63) is 78.0 Å². The van der Waals surface area contributed by atoms with E-state index < -0.39 is 27.9 Å². The number of hydrogen-bond donors (Lipinski definition) is 0.